The van der Waals surface area contributed by atoms with Crippen LogP contribution in [-0.4, -0.2) is 9.13 Å². The minimum absolute atomic E-state index is 0.133. The molecule has 0 aliphatic heterocycles. The van der Waals surface area contributed by atoms with Crippen LogP contribution in [0.3, 0.4) is 0 Å². The van der Waals surface area contributed by atoms with Gasteiger partial charge >= 0.3 is 12.4 Å². The van der Waals surface area contributed by atoms with Crippen LogP contribution >= 0.6 is 0 Å². The van der Waals surface area contributed by atoms with Gasteiger partial charge in [0.15, 0.2) is 5.69 Å². The van der Waals surface area contributed by atoms with Gasteiger partial charge in [0.05, 0.1) is 51.1 Å². The molecule has 8 aromatic rings. The van der Waals surface area contributed by atoms with Crippen LogP contribution in [0.1, 0.15) is 22.3 Å². The zero-order valence-corrected chi connectivity index (χ0v) is 26.6. The number of alkyl halides is 6. The molecule has 0 fully saturated rings. The Morgan fingerprint density at radius 2 is 0.980 bits per heavy atom. The van der Waals surface area contributed by atoms with E-state index >= 15 is 26.3 Å². The van der Waals surface area contributed by atoms with Gasteiger partial charge in [0.1, 0.15) is 0 Å². The zero-order valence-electron chi connectivity index (χ0n) is 26.6. The van der Waals surface area contributed by atoms with Gasteiger partial charge in [-0.2, -0.15) is 26.3 Å². The fraction of sp³-hybridized carbons (Fsp3) is 0.0976. The Hall–Kier alpha value is -6.01. The number of aryl methyl sites for hydroxylation is 2. The van der Waals surface area contributed by atoms with Gasteiger partial charge < -0.3 is 9.13 Å². The number of fused-ring (bicyclic) bond motifs is 6. The van der Waals surface area contributed by atoms with Gasteiger partial charge in [0, 0.05) is 32.7 Å². The maximum absolute atomic E-state index is 15.1. The van der Waals surface area contributed by atoms with E-state index in [1.165, 1.54) is 6.07 Å². The lowest BCUT2D eigenvalue weighted by Crippen LogP contribution is -2.13. The summed E-state index contributed by atoms with van der Waals surface area (Å²) in [6.07, 6.45) is -9.82. The number of aromatic nitrogens is 2. The van der Waals surface area contributed by atoms with Crippen LogP contribution in [0.2, 0.25) is 0 Å². The second kappa shape index (κ2) is 11.0. The Bertz CT molecular complexity index is 2580. The molecule has 0 unspecified atom stereocenters. The van der Waals surface area contributed by atoms with Gasteiger partial charge in [0.25, 0.3) is 0 Å². The van der Waals surface area contributed by atoms with E-state index in [1.54, 1.807) is 57.7 Å². The summed E-state index contributed by atoms with van der Waals surface area (Å²) in [5.74, 6) is 0. The molecule has 0 amide bonds. The molecule has 2 heterocycles. The molecule has 8 rings (SSSR count). The predicted molar refractivity (Wildman–Crippen MR) is 186 cm³/mol. The fourth-order valence-electron chi connectivity index (χ4n) is 7.43. The summed E-state index contributed by atoms with van der Waals surface area (Å²) >= 11 is 0. The van der Waals surface area contributed by atoms with Crippen molar-refractivity contribution in [2.24, 2.45) is 0 Å². The number of para-hydroxylation sites is 2. The molecule has 0 bridgehead atoms. The summed E-state index contributed by atoms with van der Waals surface area (Å²) in [6.45, 7) is 11.8. The molecule has 246 valence electrons. The standard InChI is InChI=1S/C41H25F6N3/c1-23-11-8-19-32-36(23)26-13-4-6-17-30(26)49(32)34-21-25(40(42,43)44)22-35(39(34)38-28(41(45,46)47)15-10-16-29(38)48-3)50-31-18-7-5-14-27(31)37-24(2)12-9-20-33(37)50/h4-22H,1-2H3. The minimum Gasteiger partial charge on any atom is -0.309 e. The lowest BCUT2D eigenvalue weighted by atomic mass is 9.92. The van der Waals surface area contributed by atoms with Crippen LogP contribution in [0.4, 0.5) is 32.0 Å². The van der Waals surface area contributed by atoms with Crippen LogP contribution in [0.5, 0.6) is 0 Å². The van der Waals surface area contributed by atoms with Crippen molar-refractivity contribution in [3.05, 3.63) is 149 Å². The molecule has 0 saturated heterocycles. The number of hydrogen-bond acceptors (Lipinski definition) is 0. The van der Waals surface area contributed by atoms with Gasteiger partial charge in [-0.15, -0.1) is 0 Å². The van der Waals surface area contributed by atoms with E-state index in [0.29, 0.717) is 22.1 Å². The number of rotatable bonds is 3. The van der Waals surface area contributed by atoms with Crippen molar-refractivity contribution in [3.63, 3.8) is 0 Å². The molecule has 2 aromatic heterocycles. The summed E-state index contributed by atoms with van der Waals surface area (Å²) in [5, 5.41) is 2.98. The van der Waals surface area contributed by atoms with E-state index in [2.05, 4.69) is 4.85 Å². The normalized spacial score (nSPS) is 12.4. The topological polar surface area (TPSA) is 14.2 Å². The first-order valence-corrected chi connectivity index (χ1v) is 15.7. The van der Waals surface area contributed by atoms with E-state index < -0.39 is 29.0 Å². The third kappa shape index (κ3) is 4.59. The minimum atomic E-state index is -4.94. The molecular formula is C41H25F6N3. The van der Waals surface area contributed by atoms with Crippen molar-refractivity contribution in [2.75, 3.05) is 0 Å². The predicted octanol–water partition coefficient (Wildman–Crippen LogP) is 12.8. The average Bonchev–Trinajstić information content (AvgIpc) is 3.61. The van der Waals surface area contributed by atoms with E-state index in [-0.39, 0.29) is 22.6 Å². The van der Waals surface area contributed by atoms with E-state index in [0.717, 1.165) is 56.9 Å². The number of benzene rings is 6. The second-order valence-corrected chi connectivity index (χ2v) is 12.3. The highest BCUT2D eigenvalue weighted by atomic mass is 19.4. The zero-order chi connectivity index (χ0) is 35.1. The average molecular weight is 674 g/mol. The monoisotopic (exact) mass is 673 g/mol. The van der Waals surface area contributed by atoms with Crippen LogP contribution in [0, 0.1) is 20.4 Å². The molecule has 0 radical (unpaired) electrons. The van der Waals surface area contributed by atoms with Gasteiger partial charge in [-0.05, 0) is 61.4 Å². The molecule has 0 saturated carbocycles. The third-order valence-electron chi connectivity index (χ3n) is 9.44. The molecule has 0 N–H and O–H groups in total. The van der Waals surface area contributed by atoms with Crippen LogP contribution < -0.4 is 0 Å². The maximum atomic E-state index is 15.1. The van der Waals surface area contributed by atoms with E-state index in [9.17, 15) is 0 Å². The first-order chi connectivity index (χ1) is 23.9. The van der Waals surface area contributed by atoms with Gasteiger partial charge in [0.2, 0.25) is 0 Å². The highest BCUT2D eigenvalue weighted by Crippen LogP contribution is 2.51. The summed E-state index contributed by atoms with van der Waals surface area (Å²) in [4.78, 5) is 3.52. The molecule has 3 nitrogen and oxygen atoms in total. The highest BCUT2D eigenvalue weighted by Gasteiger charge is 2.39. The third-order valence-corrected chi connectivity index (χ3v) is 9.44. The molecule has 0 atom stereocenters. The van der Waals surface area contributed by atoms with Crippen molar-refractivity contribution in [3.8, 4) is 22.5 Å². The lowest BCUT2D eigenvalue weighted by Gasteiger charge is -2.25. The molecule has 0 aliphatic carbocycles. The Morgan fingerprint density at radius 3 is 1.44 bits per heavy atom. The van der Waals surface area contributed by atoms with Gasteiger partial charge in [-0.25, -0.2) is 4.85 Å². The SMILES string of the molecule is [C-]#[N+]c1cccc(C(F)(F)F)c1-c1c(-n2c3ccccc3c3c(C)cccc32)cc(C(F)(F)F)cc1-n1c2ccccc2c2c(C)cccc21. The summed E-state index contributed by atoms with van der Waals surface area (Å²) in [6, 6.07) is 30.2. The Labute approximate surface area is 282 Å². The molecule has 9 heteroatoms. The highest BCUT2D eigenvalue weighted by molar-refractivity contribution is 6.13. The maximum Gasteiger partial charge on any atom is 0.416 e. The van der Waals surface area contributed by atoms with Crippen molar-refractivity contribution < 1.29 is 26.3 Å². The first kappa shape index (κ1) is 31.3. The summed E-state index contributed by atoms with van der Waals surface area (Å²) in [5.41, 5.74) is 0.341. The Balaban J connectivity index is 1.70. The van der Waals surface area contributed by atoms with Gasteiger partial charge in [-0.1, -0.05) is 78.9 Å². The first-order valence-electron chi connectivity index (χ1n) is 15.7. The fourth-order valence-corrected chi connectivity index (χ4v) is 7.43. The van der Waals surface area contributed by atoms with Crippen LogP contribution in [-0.2, 0) is 12.4 Å². The Kier molecular flexibility index (Phi) is 6.88. The molecule has 50 heavy (non-hydrogen) atoms. The largest absolute Gasteiger partial charge is 0.416 e. The number of hydrogen-bond donors (Lipinski definition) is 0. The van der Waals surface area contributed by atoms with Crippen molar-refractivity contribution >= 4 is 49.3 Å². The van der Waals surface area contributed by atoms with E-state index in [4.69, 9.17) is 6.57 Å². The molecular weight excluding hydrogens is 648 g/mol. The molecule has 0 spiro atoms. The quantitative estimate of drug-likeness (QED) is 0.131. The van der Waals surface area contributed by atoms with Gasteiger partial charge in [-0.3, -0.25) is 0 Å². The van der Waals surface area contributed by atoms with Crippen molar-refractivity contribution in [1.29, 1.82) is 0 Å². The van der Waals surface area contributed by atoms with Crippen LogP contribution in [0.15, 0.2) is 115 Å². The van der Waals surface area contributed by atoms with E-state index in [1.807, 2.05) is 50.2 Å². The lowest BCUT2D eigenvalue weighted by molar-refractivity contribution is -0.138. The summed E-state index contributed by atoms with van der Waals surface area (Å²) < 4.78 is 93.8. The van der Waals surface area contributed by atoms with Crippen molar-refractivity contribution in [2.45, 2.75) is 26.2 Å². The molecule has 0 aliphatic rings. The number of nitrogens with zero attached hydrogens (tertiary/aromatic N) is 3. The second-order valence-electron chi connectivity index (χ2n) is 12.3. The smallest absolute Gasteiger partial charge is 0.309 e. The molecule has 6 aromatic carbocycles. The summed E-state index contributed by atoms with van der Waals surface area (Å²) in [7, 11) is 0. The Morgan fingerprint density at radius 1 is 0.520 bits per heavy atom. The van der Waals surface area contributed by atoms with Crippen LogP contribution in [0.25, 0.3) is 71.0 Å². The number of halogens is 6. The van der Waals surface area contributed by atoms with Crippen molar-refractivity contribution in [1.82, 2.24) is 9.13 Å².